The van der Waals surface area contributed by atoms with Crippen LogP contribution in [0.1, 0.15) is 20.1 Å². The van der Waals surface area contributed by atoms with Crippen molar-refractivity contribution >= 4 is 33.2 Å². The summed E-state index contributed by atoms with van der Waals surface area (Å²) in [7, 11) is 0. The highest BCUT2D eigenvalue weighted by molar-refractivity contribution is 9.10. The van der Waals surface area contributed by atoms with E-state index in [0.29, 0.717) is 16.7 Å². The molecule has 0 aliphatic carbocycles. The molecule has 88 valence electrons. The van der Waals surface area contributed by atoms with Gasteiger partial charge in [0.2, 0.25) is 0 Å². The summed E-state index contributed by atoms with van der Waals surface area (Å²) in [5.41, 5.74) is 0.611. The normalized spacial score (nSPS) is 10.2. The van der Waals surface area contributed by atoms with Gasteiger partial charge in [0.1, 0.15) is 4.60 Å². The molecule has 0 unspecified atom stereocenters. The minimum absolute atomic E-state index is 0.0841. The van der Waals surface area contributed by atoms with Crippen LogP contribution in [0.25, 0.3) is 0 Å². The maximum Gasteiger partial charge on any atom is 0.251 e. The molecule has 0 aliphatic rings. The van der Waals surface area contributed by atoms with Gasteiger partial charge in [-0.1, -0.05) is 0 Å². The van der Waals surface area contributed by atoms with Crippen molar-refractivity contribution in [2.24, 2.45) is 0 Å². The standard InChI is InChI=1S/C12H11BrN2OS/c1-8-2-3-10(17-8)7-15-12(16)9-4-5-14-11(13)6-9/h2-6H,7H2,1H3,(H,15,16). The van der Waals surface area contributed by atoms with Gasteiger partial charge in [-0.15, -0.1) is 11.3 Å². The summed E-state index contributed by atoms with van der Waals surface area (Å²) in [5, 5.41) is 2.88. The van der Waals surface area contributed by atoms with Crippen LogP contribution < -0.4 is 5.32 Å². The van der Waals surface area contributed by atoms with Gasteiger partial charge in [-0.05, 0) is 47.1 Å². The molecule has 0 bridgehead atoms. The Morgan fingerprint density at radius 1 is 1.47 bits per heavy atom. The van der Waals surface area contributed by atoms with E-state index >= 15 is 0 Å². The predicted molar refractivity (Wildman–Crippen MR) is 72.2 cm³/mol. The third-order valence-electron chi connectivity index (χ3n) is 2.21. The highest BCUT2D eigenvalue weighted by Gasteiger charge is 2.06. The van der Waals surface area contributed by atoms with Crippen LogP contribution in [0.15, 0.2) is 35.1 Å². The highest BCUT2D eigenvalue weighted by Crippen LogP contribution is 2.15. The lowest BCUT2D eigenvalue weighted by Gasteiger charge is -2.03. The second-order valence-corrected chi connectivity index (χ2v) is 5.75. The minimum Gasteiger partial charge on any atom is -0.347 e. The van der Waals surface area contributed by atoms with E-state index in [2.05, 4.69) is 39.2 Å². The summed E-state index contributed by atoms with van der Waals surface area (Å²) in [6.45, 7) is 2.62. The number of aryl methyl sites for hydroxylation is 1. The van der Waals surface area contributed by atoms with Crippen LogP contribution in [0.4, 0.5) is 0 Å². The number of carbonyl (C=O) groups excluding carboxylic acids is 1. The molecular formula is C12H11BrN2OS. The molecule has 0 fully saturated rings. The Labute approximate surface area is 112 Å². The number of carbonyl (C=O) groups is 1. The molecule has 0 saturated carbocycles. The average molecular weight is 311 g/mol. The Kier molecular flexibility index (Phi) is 3.91. The zero-order valence-corrected chi connectivity index (χ0v) is 11.6. The number of thiophene rings is 1. The molecule has 2 aromatic rings. The number of hydrogen-bond donors (Lipinski definition) is 1. The van der Waals surface area contributed by atoms with E-state index in [1.807, 2.05) is 6.07 Å². The number of nitrogens with zero attached hydrogens (tertiary/aromatic N) is 1. The molecule has 0 radical (unpaired) electrons. The number of hydrogen-bond acceptors (Lipinski definition) is 3. The molecule has 0 aliphatic heterocycles. The molecule has 2 aromatic heterocycles. The summed E-state index contributed by atoms with van der Waals surface area (Å²) < 4.78 is 0.664. The Bertz CT molecular complexity index is 539. The summed E-state index contributed by atoms with van der Waals surface area (Å²) in [6, 6.07) is 7.48. The fraction of sp³-hybridized carbons (Fsp3) is 0.167. The monoisotopic (exact) mass is 310 g/mol. The molecule has 0 aromatic carbocycles. The van der Waals surface area contributed by atoms with Crippen molar-refractivity contribution in [1.82, 2.24) is 10.3 Å². The number of aromatic nitrogens is 1. The maximum atomic E-state index is 11.8. The van der Waals surface area contributed by atoms with Crippen LogP contribution in [0.3, 0.4) is 0 Å². The molecule has 0 atom stereocenters. The second-order valence-electron chi connectivity index (χ2n) is 3.56. The topological polar surface area (TPSA) is 42.0 Å². The van der Waals surface area contributed by atoms with E-state index in [1.54, 1.807) is 29.7 Å². The van der Waals surface area contributed by atoms with Crippen LogP contribution >= 0.6 is 27.3 Å². The first kappa shape index (κ1) is 12.3. The fourth-order valence-corrected chi connectivity index (χ4v) is 2.59. The molecule has 1 amide bonds. The van der Waals surface area contributed by atoms with Crippen LogP contribution in [0.2, 0.25) is 0 Å². The van der Waals surface area contributed by atoms with Gasteiger partial charge >= 0.3 is 0 Å². The molecule has 0 saturated heterocycles. The van der Waals surface area contributed by atoms with Crippen molar-refractivity contribution in [3.05, 3.63) is 50.4 Å². The van der Waals surface area contributed by atoms with Gasteiger partial charge in [-0.2, -0.15) is 0 Å². The molecule has 3 nitrogen and oxygen atoms in total. The quantitative estimate of drug-likeness (QED) is 0.885. The molecule has 1 N–H and O–H groups in total. The smallest absolute Gasteiger partial charge is 0.251 e. The number of rotatable bonds is 3. The Morgan fingerprint density at radius 2 is 2.29 bits per heavy atom. The predicted octanol–water partition coefficient (Wildman–Crippen LogP) is 3.14. The van der Waals surface area contributed by atoms with Crippen molar-refractivity contribution in [1.29, 1.82) is 0 Å². The van der Waals surface area contributed by atoms with Gasteiger partial charge in [0.15, 0.2) is 0 Å². The third kappa shape index (κ3) is 3.38. The largest absolute Gasteiger partial charge is 0.347 e. The van der Waals surface area contributed by atoms with Crippen LogP contribution in [0.5, 0.6) is 0 Å². The lowest BCUT2D eigenvalue weighted by molar-refractivity contribution is 0.0951. The zero-order chi connectivity index (χ0) is 12.3. The Morgan fingerprint density at radius 3 is 2.94 bits per heavy atom. The molecule has 5 heteroatoms. The average Bonchev–Trinajstić information content (AvgIpc) is 2.72. The third-order valence-corrected chi connectivity index (χ3v) is 3.64. The first-order chi connectivity index (χ1) is 8.15. The number of nitrogens with one attached hydrogen (secondary N) is 1. The first-order valence-electron chi connectivity index (χ1n) is 5.10. The van der Waals surface area contributed by atoms with Gasteiger partial charge in [0.25, 0.3) is 5.91 Å². The zero-order valence-electron chi connectivity index (χ0n) is 9.24. The van der Waals surface area contributed by atoms with E-state index in [1.165, 1.54) is 4.88 Å². The number of halogens is 1. The van der Waals surface area contributed by atoms with Gasteiger partial charge in [-0.25, -0.2) is 4.98 Å². The van der Waals surface area contributed by atoms with Crippen LogP contribution in [-0.4, -0.2) is 10.9 Å². The van der Waals surface area contributed by atoms with Crippen molar-refractivity contribution in [3.63, 3.8) is 0 Å². The van der Waals surface area contributed by atoms with Crippen molar-refractivity contribution in [2.45, 2.75) is 13.5 Å². The fourth-order valence-electron chi connectivity index (χ4n) is 1.39. The molecule has 0 spiro atoms. The van der Waals surface area contributed by atoms with Crippen molar-refractivity contribution < 1.29 is 4.79 Å². The van der Waals surface area contributed by atoms with Gasteiger partial charge in [0.05, 0.1) is 6.54 Å². The minimum atomic E-state index is -0.0841. The summed E-state index contributed by atoms with van der Waals surface area (Å²) in [6.07, 6.45) is 1.61. The van der Waals surface area contributed by atoms with Crippen LogP contribution in [0, 0.1) is 6.92 Å². The lowest BCUT2D eigenvalue weighted by atomic mass is 10.2. The highest BCUT2D eigenvalue weighted by atomic mass is 79.9. The number of amides is 1. The lowest BCUT2D eigenvalue weighted by Crippen LogP contribution is -2.22. The summed E-state index contributed by atoms with van der Waals surface area (Å²) >= 11 is 4.93. The van der Waals surface area contributed by atoms with E-state index in [4.69, 9.17) is 0 Å². The number of pyridine rings is 1. The van der Waals surface area contributed by atoms with Crippen molar-refractivity contribution in [3.8, 4) is 0 Å². The second kappa shape index (κ2) is 5.42. The Balaban J connectivity index is 1.98. The summed E-state index contributed by atoms with van der Waals surface area (Å²) in [5.74, 6) is -0.0841. The summed E-state index contributed by atoms with van der Waals surface area (Å²) in [4.78, 5) is 18.2. The van der Waals surface area contributed by atoms with Gasteiger partial charge < -0.3 is 5.32 Å². The van der Waals surface area contributed by atoms with E-state index < -0.39 is 0 Å². The first-order valence-corrected chi connectivity index (χ1v) is 6.71. The Hall–Kier alpha value is -1.20. The van der Waals surface area contributed by atoms with Crippen molar-refractivity contribution in [2.75, 3.05) is 0 Å². The van der Waals surface area contributed by atoms with E-state index in [0.717, 1.165) is 4.88 Å². The molecule has 17 heavy (non-hydrogen) atoms. The maximum absolute atomic E-state index is 11.8. The van der Waals surface area contributed by atoms with Gasteiger partial charge in [0, 0.05) is 21.5 Å². The van der Waals surface area contributed by atoms with E-state index in [-0.39, 0.29) is 5.91 Å². The SMILES string of the molecule is Cc1ccc(CNC(=O)c2ccnc(Br)c2)s1. The van der Waals surface area contributed by atoms with E-state index in [9.17, 15) is 4.79 Å². The molecule has 2 heterocycles. The van der Waals surface area contributed by atoms with Gasteiger partial charge in [-0.3, -0.25) is 4.79 Å². The molecular weight excluding hydrogens is 300 g/mol. The molecule has 2 rings (SSSR count). The van der Waals surface area contributed by atoms with Crippen LogP contribution in [-0.2, 0) is 6.54 Å².